The zero-order valence-electron chi connectivity index (χ0n) is 18.8. The average Bonchev–Trinajstić information content (AvgIpc) is 2.82. The van der Waals surface area contributed by atoms with E-state index in [-0.39, 0.29) is 6.03 Å². The van der Waals surface area contributed by atoms with Gasteiger partial charge in [-0.15, -0.1) is 0 Å². The number of amides is 2. The Morgan fingerprint density at radius 3 is 2.42 bits per heavy atom. The van der Waals surface area contributed by atoms with Crippen molar-refractivity contribution < 1.29 is 4.79 Å². The molecule has 0 atom stereocenters. The number of nitrogens with zero attached hydrogens (tertiary/aromatic N) is 4. The molecule has 2 amide bonds. The lowest BCUT2D eigenvalue weighted by atomic mass is 10.0. The Morgan fingerprint density at radius 2 is 1.76 bits per heavy atom. The largest absolute Gasteiger partial charge is 0.353 e. The van der Waals surface area contributed by atoms with E-state index in [2.05, 4.69) is 10.2 Å². The fraction of sp³-hybridized carbons (Fsp3) is 0.320. The van der Waals surface area contributed by atoms with Gasteiger partial charge in [-0.1, -0.05) is 59.6 Å². The molecule has 1 aromatic heterocycles. The highest BCUT2D eigenvalue weighted by Crippen LogP contribution is 2.31. The van der Waals surface area contributed by atoms with Crippen LogP contribution in [0.1, 0.15) is 23.7 Å². The van der Waals surface area contributed by atoms with Crippen LogP contribution in [-0.4, -0.2) is 53.6 Å². The van der Waals surface area contributed by atoms with Gasteiger partial charge in [-0.3, -0.25) is 0 Å². The maximum atomic E-state index is 12.3. The molecule has 172 valence electrons. The molecule has 0 aliphatic carbocycles. The van der Waals surface area contributed by atoms with Crippen LogP contribution in [0.25, 0.3) is 11.4 Å². The van der Waals surface area contributed by atoms with Crippen LogP contribution in [0.4, 0.5) is 10.6 Å². The monoisotopic (exact) mass is 483 g/mol. The number of hydrogen-bond donors (Lipinski definition) is 1. The Labute approximate surface area is 204 Å². The number of carbonyl (C=O) groups excluding carboxylic acids is 1. The number of nitrogens with one attached hydrogen (secondary N) is 1. The van der Waals surface area contributed by atoms with Crippen molar-refractivity contribution in [1.82, 2.24) is 20.2 Å². The Hall–Kier alpha value is -2.83. The van der Waals surface area contributed by atoms with Crippen molar-refractivity contribution in [1.29, 1.82) is 0 Å². The van der Waals surface area contributed by atoms with E-state index >= 15 is 0 Å². The van der Waals surface area contributed by atoms with E-state index < -0.39 is 0 Å². The quantitative estimate of drug-likeness (QED) is 0.541. The molecule has 2 heterocycles. The zero-order chi connectivity index (χ0) is 23.4. The third-order valence-corrected chi connectivity index (χ3v) is 6.39. The smallest absolute Gasteiger partial charge is 0.317 e. The SMILES string of the molecule is CCNC(=O)N1CCN(c2nc(-c3ccccc3)nc(C)c2Cc2ccc(Cl)cc2Cl)CC1. The minimum atomic E-state index is -0.0193. The van der Waals surface area contributed by atoms with Crippen LogP contribution >= 0.6 is 23.2 Å². The molecule has 0 spiro atoms. The lowest BCUT2D eigenvalue weighted by Gasteiger charge is -2.36. The van der Waals surface area contributed by atoms with E-state index in [1.54, 1.807) is 6.07 Å². The molecule has 1 N–H and O–H groups in total. The molecular formula is C25H27Cl2N5O. The predicted octanol–water partition coefficient (Wildman–Crippen LogP) is 5.20. The molecule has 0 radical (unpaired) electrons. The van der Waals surface area contributed by atoms with Gasteiger partial charge < -0.3 is 15.1 Å². The van der Waals surface area contributed by atoms with Gasteiger partial charge in [0, 0.05) is 66.0 Å². The number of aryl methyl sites for hydroxylation is 1. The summed E-state index contributed by atoms with van der Waals surface area (Å²) in [6.07, 6.45) is 0.600. The highest BCUT2D eigenvalue weighted by Gasteiger charge is 2.25. The normalized spacial score (nSPS) is 13.8. The van der Waals surface area contributed by atoms with Crippen LogP contribution in [0, 0.1) is 6.92 Å². The van der Waals surface area contributed by atoms with Gasteiger partial charge in [0.2, 0.25) is 0 Å². The van der Waals surface area contributed by atoms with E-state index in [9.17, 15) is 4.79 Å². The molecule has 8 heteroatoms. The standard InChI is InChI=1S/C25H27Cl2N5O/c1-3-28-25(33)32-13-11-31(12-14-32)24-21(15-19-9-10-20(26)16-22(19)27)17(2)29-23(30-24)18-7-5-4-6-8-18/h4-10,16H,3,11-15H2,1-2H3,(H,28,33). The van der Waals surface area contributed by atoms with Crippen LogP contribution in [-0.2, 0) is 6.42 Å². The third-order valence-electron chi connectivity index (χ3n) is 5.80. The minimum Gasteiger partial charge on any atom is -0.353 e. The van der Waals surface area contributed by atoms with Crippen LogP contribution < -0.4 is 10.2 Å². The first-order valence-electron chi connectivity index (χ1n) is 11.1. The van der Waals surface area contributed by atoms with Crippen LogP contribution in [0.5, 0.6) is 0 Å². The summed E-state index contributed by atoms with van der Waals surface area (Å²) in [5.41, 5.74) is 3.89. The average molecular weight is 484 g/mol. The van der Waals surface area contributed by atoms with Crippen molar-refractivity contribution in [2.75, 3.05) is 37.6 Å². The molecule has 2 aromatic carbocycles. The first-order valence-corrected chi connectivity index (χ1v) is 11.9. The summed E-state index contributed by atoms with van der Waals surface area (Å²) in [7, 11) is 0. The maximum absolute atomic E-state index is 12.3. The van der Waals surface area contributed by atoms with Gasteiger partial charge >= 0.3 is 6.03 Å². The molecule has 1 aliphatic heterocycles. The van der Waals surface area contributed by atoms with Gasteiger partial charge in [0.1, 0.15) is 5.82 Å². The van der Waals surface area contributed by atoms with Crippen LogP contribution in [0.15, 0.2) is 48.5 Å². The summed E-state index contributed by atoms with van der Waals surface area (Å²) in [5, 5.41) is 4.12. The topological polar surface area (TPSA) is 61.4 Å². The van der Waals surface area contributed by atoms with E-state index in [4.69, 9.17) is 33.2 Å². The highest BCUT2D eigenvalue weighted by atomic mass is 35.5. The summed E-state index contributed by atoms with van der Waals surface area (Å²) < 4.78 is 0. The molecule has 1 aliphatic rings. The van der Waals surface area contributed by atoms with Gasteiger partial charge in [-0.05, 0) is 31.5 Å². The Morgan fingerprint density at radius 1 is 1.03 bits per heavy atom. The Balaban J connectivity index is 1.69. The molecule has 0 bridgehead atoms. The first-order chi connectivity index (χ1) is 16.0. The minimum absolute atomic E-state index is 0.0193. The van der Waals surface area contributed by atoms with Crippen molar-refractivity contribution in [2.24, 2.45) is 0 Å². The van der Waals surface area contributed by atoms with Gasteiger partial charge in [-0.2, -0.15) is 0 Å². The summed E-state index contributed by atoms with van der Waals surface area (Å²) in [5.74, 6) is 1.59. The second kappa shape index (κ2) is 10.4. The third kappa shape index (κ3) is 5.40. The molecule has 0 saturated carbocycles. The number of anilines is 1. The molecule has 33 heavy (non-hydrogen) atoms. The highest BCUT2D eigenvalue weighted by molar-refractivity contribution is 6.35. The van der Waals surface area contributed by atoms with E-state index in [0.29, 0.717) is 55.0 Å². The predicted molar refractivity (Wildman–Crippen MR) is 134 cm³/mol. The zero-order valence-corrected chi connectivity index (χ0v) is 20.3. The lowest BCUT2D eigenvalue weighted by molar-refractivity contribution is 0.195. The van der Waals surface area contributed by atoms with Crippen molar-refractivity contribution in [2.45, 2.75) is 20.3 Å². The summed E-state index contributed by atoms with van der Waals surface area (Å²) in [6, 6.07) is 15.5. The number of carbonyl (C=O) groups is 1. The van der Waals surface area contributed by atoms with E-state index in [0.717, 1.165) is 28.2 Å². The van der Waals surface area contributed by atoms with Gasteiger partial charge in [-0.25, -0.2) is 14.8 Å². The lowest BCUT2D eigenvalue weighted by Crippen LogP contribution is -2.52. The van der Waals surface area contributed by atoms with Gasteiger partial charge in [0.05, 0.1) is 0 Å². The summed E-state index contributed by atoms with van der Waals surface area (Å²) >= 11 is 12.6. The fourth-order valence-corrected chi connectivity index (χ4v) is 4.48. The second-order valence-electron chi connectivity index (χ2n) is 8.02. The summed E-state index contributed by atoms with van der Waals surface area (Å²) in [6.45, 7) is 7.23. The molecule has 1 saturated heterocycles. The number of rotatable bonds is 5. The first kappa shape index (κ1) is 23.3. The molecule has 3 aromatic rings. The number of aromatic nitrogens is 2. The van der Waals surface area contributed by atoms with Crippen molar-refractivity contribution in [3.63, 3.8) is 0 Å². The maximum Gasteiger partial charge on any atom is 0.317 e. The van der Waals surface area contributed by atoms with Crippen LogP contribution in [0.3, 0.4) is 0 Å². The molecular weight excluding hydrogens is 457 g/mol. The van der Waals surface area contributed by atoms with Crippen molar-refractivity contribution in [3.8, 4) is 11.4 Å². The molecule has 6 nitrogen and oxygen atoms in total. The fourth-order valence-electron chi connectivity index (χ4n) is 4.01. The van der Waals surface area contributed by atoms with E-state index in [1.807, 2.05) is 61.2 Å². The van der Waals surface area contributed by atoms with Gasteiger partial charge in [0.25, 0.3) is 0 Å². The number of urea groups is 1. The molecule has 1 fully saturated rings. The molecule has 0 unspecified atom stereocenters. The second-order valence-corrected chi connectivity index (χ2v) is 8.87. The Bertz CT molecular complexity index is 1130. The summed E-state index contributed by atoms with van der Waals surface area (Å²) in [4.78, 5) is 26.2. The number of hydrogen-bond acceptors (Lipinski definition) is 4. The number of piperazine rings is 1. The van der Waals surface area contributed by atoms with Gasteiger partial charge in [0.15, 0.2) is 5.82 Å². The van der Waals surface area contributed by atoms with E-state index in [1.165, 1.54) is 0 Å². The van der Waals surface area contributed by atoms with Crippen molar-refractivity contribution in [3.05, 3.63) is 75.4 Å². The van der Waals surface area contributed by atoms with Crippen LogP contribution in [0.2, 0.25) is 10.0 Å². The Kier molecular flexibility index (Phi) is 7.36. The molecule has 4 rings (SSSR count). The van der Waals surface area contributed by atoms with Crippen molar-refractivity contribution >= 4 is 35.1 Å². The number of benzene rings is 2. The number of halogens is 2.